The summed E-state index contributed by atoms with van der Waals surface area (Å²) in [6, 6.07) is 3.26. The first-order valence-corrected chi connectivity index (χ1v) is 4.69. The van der Waals surface area contributed by atoms with Crippen molar-refractivity contribution in [2.75, 3.05) is 10.6 Å². The van der Waals surface area contributed by atoms with Crippen molar-refractivity contribution in [3.05, 3.63) is 23.5 Å². The molecule has 0 aromatic carbocycles. The van der Waals surface area contributed by atoms with Gasteiger partial charge in [-0.1, -0.05) is 27.5 Å². The van der Waals surface area contributed by atoms with Gasteiger partial charge in [-0.15, -0.1) is 0 Å². The highest BCUT2D eigenvalue weighted by molar-refractivity contribution is 9.09. The number of carbonyl (C=O) groups excluding carboxylic acids is 1. The predicted molar refractivity (Wildman–Crippen MR) is 51.7 cm³/mol. The maximum Gasteiger partial charge on any atom is 0.235 e. The monoisotopic (exact) mass is 248 g/mol. The second kappa shape index (κ2) is 4.42. The lowest BCUT2D eigenvalue weighted by Gasteiger charge is -2.01. The van der Waals surface area contributed by atoms with Gasteiger partial charge in [-0.05, 0) is 12.1 Å². The number of nitrogens with one attached hydrogen (secondary N) is 1. The second-order valence-corrected chi connectivity index (χ2v) is 3.00. The highest BCUT2D eigenvalue weighted by atomic mass is 79.9. The maximum absolute atomic E-state index is 10.9. The first-order chi connectivity index (χ1) is 5.72. The number of alkyl halides is 1. The molecule has 0 bridgehead atoms. The zero-order valence-corrected chi connectivity index (χ0v) is 8.39. The third kappa shape index (κ3) is 2.79. The van der Waals surface area contributed by atoms with E-state index in [1.165, 1.54) is 6.20 Å². The van der Waals surface area contributed by atoms with E-state index >= 15 is 0 Å². The summed E-state index contributed by atoms with van der Waals surface area (Å²) in [5, 5.41) is 3.26. The number of amides is 1. The summed E-state index contributed by atoms with van der Waals surface area (Å²) in [5.41, 5.74) is 0.652. The average molecular weight is 249 g/mol. The molecule has 0 radical (unpaired) electrons. The Bertz CT molecular complexity index is 292. The Labute approximate surface area is 83.3 Å². The Morgan fingerprint density at radius 1 is 1.75 bits per heavy atom. The molecule has 1 amide bonds. The molecule has 1 aromatic rings. The number of anilines is 1. The van der Waals surface area contributed by atoms with Crippen LogP contribution in [0.25, 0.3) is 0 Å². The Balaban J connectivity index is 2.69. The second-order valence-electron chi connectivity index (χ2n) is 2.05. The Hall–Kier alpha value is -0.610. The smallest absolute Gasteiger partial charge is 0.235 e. The summed E-state index contributed by atoms with van der Waals surface area (Å²) < 4.78 is 0. The number of hydrogen-bond acceptors (Lipinski definition) is 2. The fraction of sp³-hybridized carbons (Fsp3) is 0.143. The number of aromatic nitrogens is 1. The molecule has 0 spiro atoms. The molecular weight excluding hydrogens is 243 g/mol. The van der Waals surface area contributed by atoms with Crippen LogP contribution in [0, 0.1) is 0 Å². The van der Waals surface area contributed by atoms with Crippen molar-refractivity contribution in [2.24, 2.45) is 0 Å². The van der Waals surface area contributed by atoms with Crippen LogP contribution in [0.5, 0.6) is 0 Å². The molecule has 0 aliphatic rings. The van der Waals surface area contributed by atoms with E-state index in [9.17, 15) is 4.79 Å². The number of hydrogen-bond donors (Lipinski definition) is 1. The first-order valence-electron chi connectivity index (χ1n) is 3.20. The van der Waals surface area contributed by atoms with Crippen molar-refractivity contribution in [1.82, 2.24) is 4.98 Å². The minimum Gasteiger partial charge on any atom is -0.325 e. The van der Waals surface area contributed by atoms with Gasteiger partial charge in [0.1, 0.15) is 5.15 Å². The van der Waals surface area contributed by atoms with Crippen molar-refractivity contribution < 1.29 is 4.79 Å². The topological polar surface area (TPSA) is 42.0 Å². The number of rotatable bonds is 2. The molecule has 1 rings (SSSR count). The van der Waals surface area contributed by atoms with Gasteiger partial charge in [0.2, 0.25) is 5.91 Å². The van der Waals surface area contributed by atoms with E-state index in [0.717, 1.165) is 0 Å². The van der Waals surface area contributed by atoms with Crippen molar-refractivity contribution in [2.45, 2.75) is 0 Å². The van der Waals surface area contributed by atoms with Crippen molar-refractivity contribution in [3.63, 3.8) is 0 Å². The van der Waals surface area contributed by atoms with Gasteiger partial charge in [0.05, 0.1) is 5.33 Å². The molecule has 0 fully saturated rings. The number of nitrogens with zero attached hydrogens (tertiary/aromatic N) is 1. The van der Waals surface area contributed by atoms with E-state index < -0.39 is 0 Å². The molecule has 0 aliphatic carbocycles. The van der Waals surface area contributed by atoms with Crippen molar-refractivity contribution in [1.29, 1.82) is 0 Å². The molecule has 12 heavy (non-hydrogen) atoms. The van der Waals surface area contributed by atoms with Crippen LogP contribution in [0.4, 0.5) is 5.69 Å². The van der Waals surface area contributed by atoms with Crippen LogP contribution in [-0.4, -0.2) is 16.2 Å². The van der Waals surface area contributed by atoms with Crippen LogP contribution in [-0.2, 0) is 4.79 Å². The fourth-order valence-corrected chi connectivity index (χ4v) is 0.989. The largest absolute Gasteiger partial charge is 0.325 e. The summed E-state index contributed by atoms with van der Waals surface area (Å²) >= 11 is 8.63. The molecule has 64 valence electrons. The third-order valence-electron chi connectivity index (χ3n) is 1.13. The quantitative estimate of drug-likeness (QED) is 0.644. The normalized spacial score (nSPS) is 9.50. The first kappa shape index (κ1) is 9.48. The lowest BCUT2D eigenvalue weighted by atomic mass is 10.4. The number of pyridine rings is 1. The molecular formula is C7H6BrClN2O. The van der Waals surface area contributed by atoms with Gasteiger partial charge in [0, 0.05) is 11.9 Å². The predicted octanol–water partition coefficient (Wildman–Crippen LogP) is 2.07. The standard InChI is InChI=1S/C7H6BrClN2O/c8-4-7(12)11-5-1-2-10-6(9)3-5/h1-3H,4H2,(H,10,11,12). The van der Waals surface area contributed by atoms with Gasteiger partial charge < -0.3 is 5.32 Å². The molecule has 5 heteroatoms. The lowest BCUT2D eigenvalue weighted by molar-refractivity contribution is -0.113. The maximum atomic E-state index is 10.9. The van der Waals surface area contributed by atoms with E-state index in [1.54, 1.807) is 12.1 Å². The number of carbonyl (C=O) groups is 1. The summed E-state index contributed by atoms with van der Waals surface area (Å²) in [5.74, 6) is -0.114. The summed E-state index contributed by atoms with van der Waals surface area (Å²) in [6.07, 6.45) is 1.53. The van der Waals surface area contributed by atoms with Crippen LogP contribution in [0.3, 0.4) is 0 Å². The van der Waals surface area contributed by atoms with Crippen LogP contribution in [0.1, 0.15) is 0 Å². The van der Waals surface area contributed by atoms with Crippen molar-refractivity contribution >= 4 is 39.1 Å². The van der Waals surface area contributed by atoms with E-state index in [1.807, 2.05) is 0 Å². The van der Waals surface area contributed by atoms with Gasteiger partial charge >= 0.3 is 0 Å². The summed E-state index contributed by atoms with van der Waals surface area (Å²) in [6.45, 7) is 0. The molecule has 1 aromatic heterocycles. The zero-order chi connectivity index (χ0) is 8.97. The summed E-state index contributed by atoms with van der Waals surface area (Å²) in [4.78, 5) is 14.6. The Morgan fingerprint density at radius 2 is 2.50 bits per heavy atom. The van der Waals surface area contributed by atoms with Gasteiger partial charge in [-0.25, -0.2) is 4.98 Å². The number of halogens is 2. The zero-order valence-electron chi connectivity index (χ0n) is 6.05. The molecule has 0 saturated carbocycles. The van der Waals surface area contributed by atoms with Gasteiger partial charge in [-0.3, -0.25) is 4.79 Å². The molecule has 3 nitrogen and oxygen atoms in total. The average Bonchev–Trinajstić information content (AvgIpc) is 2.04. The SMILES string of the molecule is O=C(CBr)Nc1ccnc(Cl)c1. The molecule has 0 atom stereocenters. The van der Waals surface area contributed by atoms with Crippen LogP contribution < -0.4 is 5.32 Å². The van der Waals surface area contributed by atoms with Gasteiger partial charge in [0.25, 0.3) is 0 Å². The van der Waals surface area contributed by atoms with Gasteiger partial charge in [-0.2, -0.15) is 0 Å². The van der Waals surface area contributed by atoms with E-state index in [2.05, 4.69) is 26.2 Å². The van der Waals surface area contributed by atoms with Gasteiger partial charge in [0.15, 0.2) is 0 Å². The minimum absolute atomic E-state index is 0.114. The Kier molecular flexibility index (Phi) is 3.49. The lowest BCUT2D eigenvalue weighted by Crippen LogP contribution is -2.12. The molecule has 0 aliphatic heterocycles. The molecule has 1 N–H and O–H groups in total. The van der Waals surface area contributed by atoms with E-state index in [0.29, 0.717) is 10.8 Å². The summed E-state index contributed by atoms with van der Waals surface area (Å²) in [7, 11) is 0. The van der Waals surface area contributed by atoms with Crippen LogP contribution >= 0.6 is 27.5 Å². The highest BCUT2D eigenvalue weighted by Gasteiger charge is 1.99. The molecule has 0 saturated heterocycles. The Morgan fingerprint density at radius 3 is 3.08 bits per heavy atom. The third-order valence-corrected chi connectivity index (χ3v) is 1.85. The van der Waals surface area contributed by atoms with Crippen LogP contribution in [0.15, 0.2) is 18.3 Å². The van der Waals surface area contributed by atoms with Crippen molar-refractivity contribution in [3.8, 4) is 0 Å². The highest BCUT2D eigenvalue weighted by Crippen LogP contribution is 2.11. The van der Waals surface area contributed by atoms with Crippen LogP contribution in [0.2, 0.25) is 5.15 Å². The molecule has 1 heterocycles. The fourth-order valence-electron chi connectivity index (χ4n) is 0.675. The molecule has 0 unspecified atom stereocenters. The van der Waals surface area contributed by atoms with E-state index in [-0.39, 0.29) is 11.2 Å². The van der Waals surface area contributed by atoms with E-state index in [4.69, 9.17) is 11.6 Å². The minimum atomic E-state index is -0.114.